The summed E-state index contributed by atoms with van der Waals surface area (Å²) in [7, 11) is 1.62. The molecule has 0 radical (unpaired) electrons. The van der Waals surface area contributed by atoms with Crippen molar-refractivity contribution in [3.63, 3.8) is 0 Å². The maximum absolute atomic E-state index is 13.7. The zero-order valence-corrected chi connectivity index (χ0v) is 21.7. The molecule has 0 unspecified atom stereocenters. The van der Waals surface area contributed by atoms with Crippen LogP contribution in [0.25, 0.3) is 0 Å². The van der Waals surface area contributed by atoms with Gasteiger partial charge in [0.15, 0.2) is 4.84 Å². The lowest BCUT2D eigenvalue weighted by Crippen LogP contribution is -2.58. The number of anilines is 1. The van der Waals surface area contributed by atoms with E-state index in [4.69, 9.17) is 27.9 Å². The average molecular weight is 533 g/mol. The number of halogens is 2. The number of piperidine rings is 1. The number of amides is 3. The standard InChI is InChI=1S/C26H30Cl2N4O4/c1-36-21-10-6-5-7-19(21)11-14-29-22(33)17-31-18-32(20-8-3-2-4-9-20)26(25(31)35)12-15-30(16-13-26)24(34)23(27)28/h2-10,23H,11-18H2,1H3,(H,29,33). The summed E-state index contributed by atoms with van der Waals surface area (Å²) in [6.07, 6.45) is 1.48. The van der Waals surface area contributed by atoms with Crippen molar-refractivity contribution in [1.29, 1.82) is 0 Å². The van der Waals surface area contributed by atoms with Crippen LogP contribution in [0.1, 0.15) is 18.4 Å². The Balaban J connectivity index is 1.43. The molecule has 0 aliphatic carbocycles. The van der Waals surface area contributed by atoms with Crippen LogP contribution in [0.5, 0.6) is 5.75 Å². The van der Waals surface area contributed by atoms with Crippen molar-refractivity contribution < 1.29 is 19.1 Å². The van der Waals surface area contributed by atoms with E-state index in [-0.39, 0.29) is 24.3 Å². The molecular formula is C26H30Cl2N4O4. The molecule has 4 rings (SSSR count). The van der Waals surface area contributed by atoms with E-state index in [9.17, 15) is 14.4 Å². The minimum absolute atomic E-state index is 0.0378. The number of hydrogen-bond acceptors (Lipinski definition) is 5. The lowest BCUT2D eigenvalue weighted by molar-refractivity contribution is -0.139. The Kier molecular flexibility index (Phi) is 8.26. The summed E-state index contributed by atoms with van der Waals surface area (Å²) in [5.74, 6) is 0.104. The topological polar surface area (TPSA) is 82.2 Å². The number of ether oxygens (including phenoxy) is 1. The first-order valence-electron chi connectivity index (χ1n) is 11.9. The second-order valence-electron chi connectivity index (χ2n) is 8.98. The van der Waals surface area contributed by atoms with Gasteiger partial charge < -0.3 is 24.8 Å². The number of carbonyl (C=O) groups is 3. The maximum atomic E-state index is 13.7. The highest BCUT2D eigenvalue weighted by atomic mass is 35.5. The third-order valence-electron chi connectivity index (χ3n) is 6.91. The summed E-state index contributed by atoms with van der Waals surface area (Å²) in [6, 6.07) is 17.4. The predicted octanol–water partition coefficient (Wildman–Crippen LogP) is 2.83. The van der Waals surface area contributed by atoms with Crippen LogP contribution in [0.2, 0.25) is 0 Å². The number of nitrogens with one attached hydrogen (secondary N) is 1. The SMILES string of the molecule is COc1ccccc1CCNC(=O)CN1CN(c2ccccc2)C2(CCN(C(=O)C(Cl)Cl)CC2)C1=O. The van der Waals surface area contributed by atoms with Gasteiger partial charge >= 0.3 is 0 Å². The molecule has 10 heteroatoms. The normalized spacial score (nSPS) is 17.1. The van der Waals surface area contributed by atoms with E-state index in [1.807, 2.05) is 54.6 Å². The summed E-state index contributed by atoms with van der Waals surface area (Å²) in [5, 5.41) is 2.92. The molecule has 2 fully saturated rings. The molecule has 0 saturated carbocycles. The van der Waals surface area contributed by atoms with Gasteiger partial charge in [-0.3, -0.25) is 14.4 Å². The van der Waals surface area contributed by atoms with Crippen LogP contribution in [-0.2, 0) is 20.8 Å². The van der Waals surface area contributed by atoms with Crippen molar-refractivity contribution in [1.82, 2.24) is 15.1 Å². The van der Waals surface area contributed by atoms with E-state index in [0.29, 0.717) is 45.6 Å². The monoisotopic (exact) mass is 532 g/mol. The summed E-state index contributed by atoms with van der Waals surface area (Å²) in [4.78, 5) is 42.9. The van der Waals surface area contributed by atoms with Gasteiger partial charge in [-0.15, -0.1) is 0 Å². The van der Waals surface area contributed by atoms with E-state index in [1.165, 1.54) is 0 Å². The number of rotatable bonds is 8. The summed E-state index contributed by atoms with van der Waals surface area (Å²) < 4.78 is 5.37. The lowest BCUT2D eigenvalue weighted by Gasteiger charge is -2.43. The summed E-state index contributed by atoms with van der Waals surface area (Å²) in [5.41, 5.74) is 1.07. The fourth-order valence-electron chi connectivity index (χ4n) is 5.03. The van der Waals surface area contributed by atoms with Crippen molar-refractivity contribution in [3.05, 3.63) is 60.2 Å². The molecule has 3 amide bonds. The van der Waals surface area contributed by atoms with Crippen molar-refractivity contribution in [2.75, 3.05) is 44.9 Å². The van der Waals surface area contributed by atoms with E-state index < -0.39 is 10.4 Å². The van der Waals surface area contributed by atoms with Crippen LogP contribution in [0.15, 0.2) is 54.6 Å². The number of carbonyl (C=O) groups excluding carboxylic acids is 3. The molecule has 2 heterocycles. The first-order chi connectivity index (χ1) is 17.4. The molecule has 2 aliphatic heterocycles. The predicted molar refractivity (Wildman–Crippen MR) is 139 cm³/mol. The van der Waals surface area contributed by atoms with Gasteiger partial charge in [-0.1, -0.05) is 59.6 Å². The van der Waals surface area contributed by atoms with Gasteiger partial charge in [0.05, 0.1) is 13.8 Å². The van der Waals surface area contributed by atoms with Crippen LogP contribution in [-0.4, -0.2) is 77.9 Å². The molecule has 8 nitrogen and oxygen atoms in total. The second kappa shape index (κ2) is 11.4. The van der Waals surface area contributed by atoms with E-state index in [1.54, 1.807) is 16.9 Å². The second-order valence-corrected chi connectivity index (χ2v) is 10.1. The Labute approximate surface area is 221 Å². The number of alkyl halides is 2. The van der Waals surface area contributed by atoms with E-state index in [2.05, 4.69) is 10.2 Å². The Hall–Kier alpha value is -2.97. The molecule has 2 aliphatic rings. The highest BCUT2D eigenvalue weighted by Crippen LogP contribution is 2.39. The first-order valence-corrected chi connectivity index (χ1v) is 12.8. The molecule has 1 spiro atoms. The number of likely N-dealkylation sites (tertiary alicyclic amines) is 1. The molecule has 0 atom stereocenters. The molecule has 1 N–H and O–H groups in total. The molecular weight excluding hydrogens is 503 g/mol. The maximum Gasteiger partial charge on any atom is 0.255 e. The molecule has 0 bridgehead atoms. The van der Waals surface area contributed by atoms with Crippen molar-refractivity contribution >= 4 is 46.6 Å². The van der Waals surface area contributed by atoms with Gasteiger partial charge in [-0.05, 0) is 43.0 Å². The van der Waals surface area contributed by atoms with Crippen LogP contribution < -0.4 is 15.0 Å². The van der Waals surface area contributed by atoms with Gasteiger partial charge in [0.25, 0.3) is 11.8 Å². The van der Waals surface area contributed by atoms with Gasteiger partial charge in [0.1, 0.15) is 17.8 Å². The van der Waals surface area contributed by atoms with Crippen LogP contribution in [0.4, 0.5) is 5.69 Å². The van der Waals surface area contributed by atoms with Crippen molar-refractivity contribution in [2.24, 2.45) is 0 Å². The van der Waals surface area contributed by atoms with Gasteiger partial charge in [-0.2, -0.15) is 0 Å². The molecule has 2 aromatic rings. The largest absolute Gasteiger partial charge is 0.496 e. The highest BCUT2D eigenvalue weighted by Gasteiger charge is 2.54. The van der Waals surface area contributed by atoms with Gasteiger partial charge in [0.2, 0.25) is 5.91 Å². The highest BCUT2D eigenvalue weighted by molar-refractivity contribution is 6.53. The number of benzene rings is 2. The van der Waals surface area contributed by atoms with Gasteiger partial charge in [-0.25, -0.2) is 0 Å². The minimum Gasteiger partial charge on any atom is -0.496 e. The Morgan fingerprint density at radius 2 is 1.72 bits per heavy atom. The third kappa shape index (κ3) is 5.39. The Morgan fingerprint density at radius 1 is 1.06 bits per heavy atom. The molecule has 2 saturated heterocycles. The zero-order chi connectivity index (χ0) is 25.7. The Bertz CT molecular complexity index is 1090. The van der Waals surface area contributed by atoms with Crippen LogP contribution in [0.3, 0.4) is 0 Å². The Morgan fingerprint density at radius 3 is 2.39 bits per heavy atom. The van der Waals surface area contributed by atoms with Crippen LogP contribution in [0, 0.1) is 0 Å². The van der Waals surface area contributed by atoms with Crippen molar-refractivity contribution in [3.8, 4) is 5.75 Å². The molecule has 2 aromatic carbocycles. The quantitative estimate of drug-likeness (QED) is 0.528. The smallest absolute Gasteiger partial charge is 0.255 e. The summed E-state index contributed by atoms with van der Waals surface area (Å²) >= 11 is 11.6. The lowest BCUT2D eigenvalue weighted by atomic mass is 9.85. The molecule has 192 valence electrons. The fraction of sp³-hybridized carbons (Fsp3) is 0.423. The molecule has 36 heavy (non-hydrogen) atoms. The number of para-hydroxylation sites is 2. The third-order valence-corrected chi connectivity index (χ3v) is 7.29. The minimum atomic E-state index is -1.13. The number of hydrogen-bond donors (Lipinski definition) is 1. The van der Waals surface area contributed by atoms with Crippen LogP contribution >= 0.6 is 23.2 Å². The van der Waals surface area contributed by atoms with E-state index >= 15 is 0 Å². The first kappa shape index (κ1) is 26.1. The average Bonchev–Trinajstić information content (AvgIpc) is 3.15. The summed E-state index contributed by atoms with van der Waals surface area (Å²) in [6.45, 7) is 1.42. The zero-order valence-electron chi connectivity index (χ0n) is 20.2. The van der Waals surface area contributed by atoms with Gasteiger partial charge in [0, 0.05) is 25.3 Å². The fourth-order valence-corrected chi connectivity index (χ4v) is 5.31. The number of nitrogens with zero attached hydrogens (tertiary/aromatic N) is 3. The van der Waals surface area contributed by atoms with Crippen molar-refractivity contribution in [2.45, 2.75) is 29.6 Å². The molecule has 0 aromatic heterocycles. The van der Waals surface area contributed by atoms with E-state index in [0.717, 1.165) is 17.0 Å². The number of methoxy groups -OCH3 is 1.